The third-order valence-electron chi connectivity index (χ3n) is 5.86. The molecule has 3 rings (SSSR count). The highest BCUT2D eigenvalue weighted by molar-refractivity contribution is 8.17. The molecule has 1 saturated heterocycles. The van der Waals surface area contributed by atoms with Crippen LogP contribution in [0.2, 0.25) is 0 Å². The molecule has 1 heterocycles. The van der Waals surface area contributed by atoms with Crippen LogP contribution >= 0.6 is 35.1 Å². The molecule has 1 atom stereocenters. The minimum absolute atomic E-state index is 0.0168. The number of amides is 1. The highest BCUT2D eigenvalue weighted by atomic mass is 35.5. The number of nitro groups is 1. The number of halogens is 1. The van der Waals surface area contributed by atoms with Crippen LogP contribution in [0.25, 0.3) is 10.8 Å². The first kappa shape index (κ1) is 25.8. The lowest BCUT2D eigenvalue weighted by Crippen LogP contribution is -2.47. The molecule has 0 radical (unpaired) electrons. The summed E-state index contributed by atoms with van der Waals surface area (Å²) in [5, 5.41) is 13.8. The number of fused-ring (bicyclic) bond motifs is 1. The highest BCUT2D eigenvalue weighted by Crippen LogP contribution is 2.53. The van der Waals surface area contributed by atoms with Gasteiger partial charge in [0.15, 0.2) is 11.5 Å². The van der Waals surface area contributed by atoms with Gasteiger partial charge in [-0.25, -0.2) is 0 Å². The van der Waals surface area contributed by atoms with Crippen molar-refractivity contribution in [1.29, 1.82) is 0 Å². The number of thioether (sulfide) groups is 2. The first-order chi connectivity index (χ1) is 16.0. The van der Waals surface area contributed by atoms with Crippen LogP contribution in [0.4, 0.5) is 5.69 Å². The Bertz CT molecular complexity index is 1000. The van der Waals surface area contributed by atoms with Crippen LogP contribution in [0.5, 0.6) is 11.5 Å². The zero-order valence-electron chi connectivity index (χ0n) is 19.0. The molecule has 10 heteroatoms. The zero-order valence-corrected chi connectivity index (χ0v) is 21.4. The Hall–Kier alpha value is -1.84. The first-order valence-electron chi connectivity index (χ1n) is 10.9. The number of rotatable bonds is 12. The standard InChI is InChI=1S/C23H29ClN2O5S2/c1-4-32-22(33-5-2)23(7-6-9-25(23)15-27)18-11-16-13-20(30-3)21(31-10-8-24)14-17(16)12-19(18)26(28)29/h11-15,22H,4-10H2,1-3H3/t23-/m0/s1. The van der Waals surface area contributed by atoms with Gasteiger partial charge in [-0.05, 0) is 53.3 Å². The van der Waals surface area contributed by atoms with Gasteiger partial charge in [0.1, 0.15) is 6.61 Å². The van der Waals surface area contributed by atoms with E-state index in [1.807, 2.05) is 12.1 Å². The summed E-state index contributed by atoms with van der Waals surface area (Å²) >= 11 is 9.23. The second-order valence-electron chi connectivity index (χ2n) is 7.58. The van der Waals surface area contributed by atoms with Crippen molar-refractivity contribution in [1.82, 2.24) is 4.90 Å². The van der Waals surface area contributed by atoms with E-state index in [0.29, 0.717) is 47.9 Å². The molecule has 0 aromatic heterocycles. The van der Waals surface area contributed by atoms with E-state index in [-0.39, 0.29) is 15.2 Å². The monoisotopic (exact) mass is 512 g/mol. The van der Waals surface area contributed by atoms with Crippen LogP contribution < -0.4 is 9.47 Å². The van der Waals surface area contributed by atoms with Crippen molar-refractivity contribution in [3.63, 3.8) is 0 Å². The maximum absolute atomic E-state index is 12.3. The average molecular weight is 513 g/mol. The topological polar surface area (TPSA) is 81.9 Å². The van der Waals surface area contributed by atoms with E-state index in [1.54, 1.807) is 47.7 Å². The number of hydrogen-bond acceptors (Lipinski definition) is 7. The van der Waals surface area contributed by atoms with Crippen LogP contribution in [0, 0.1) is 10.1 Å². The van der Waals surface area contributed by atoms with Gasteiger partial charge in [-0.1, -0.05) is 13.8 Å². The molecule has 7 nitrogen and oxygen atoms in total. The van der Waals surface area contributed by atoms with Crippen LogP contribution in [0.3, 0.4) is 0 Å². The van der Waals surface area contributed by atoms with Crippen molar-refractivity contribution < 1.29 is 19.2 Å². The molecule has 0 N–H and O–H groups in total. The molecular weight excluding hydrogens is 484 g/mol. The van der Waals surface area contributed by atoms with E-state index in [1.165, 1.54) is 0 Å². The molecule has 0 saturated carbocycles. The fourth-order valence-electron chi connectivity index (χ4n) is 4.52. The minimum Gasteiger partial charge on any atom is -0.493 e. The summed E-state index contributed by atoms with van der Waals surface area (Å²) in [6.07, 6.45) is 2.33. The third kappa shape index (κ3) is 5.00. The fraction of sp³-hybridized carbons (Fsp3) is 0.522. The molecule has 0 bridgehead atoms. The van der Waals surface area contributed by atoms with E-state index in [2.05, 4.69) is 13.8 Å². The summed E-state index contributed by atoms with van der Waals surface area (Å²) in [4.78, 5) is 25.9. The van der Waals surface area contributed by atoms with Crippen LogP contribution in [0.15, 0.2) is 24.3 Å². The van der Waals surface area contributed by atoms with Crippen molar-refractivity contribution in [2.24, 2.45) is 0 Å². The number of likely N-dealkylation sites (tertiary alicyclic amines) is 1. The van der Waals surface area contributed by atoms with Crippen molar-refractivity contribution in [3.8, 4) is 11.5 Å². The number of methoxy groups -OCH3 is 1. The van der Waals surface area contributed by atoms with Crippen molar-refractivity contribution >= 4 is 58.0 Å². The lowest BCUT2D eigenvalue weighted by atomic mass is 9.86. The largest absolute Gasteiger partial charge is 0.493 e. The Morgan fingerprint density at radius 3 is 2.45 bits per heavy atom. The normalized spacial score (nSPS) is 18.2. The first-order valence-corrected chi connectivity index (χ1v) is 13.5. The van der Waals surface area contributed by atoms with Gasteiger partial charge >= 0.3 is 0 Å². The molecule has 33 heavy (non-hydrogen) atoms. The van der Waals surface area contributed by atoms with Gasteiger partial charge in [0.2, 0.25) is 6.41 Å². The Morgan fingerprint density at radius 2 is 1.88 bits per heavy atom. The van der Waals surface area contributed by atoms with Gasteiger partial charge in [0, 0.05) is 12.6 Å². The Morgan fingerprint density at radius 1 is 1.21 bits per heavy atom. The maximum Gasteiger partial charge on any atom is 0.275 e. The predicted octanol–water partition coefficient (Wildman–Crippen LogP) is 5.65. The quantitative estimate of drug-likeness (QED) is 0.119. The fourth-order valence-corrected chi connectivity index (χ4v) is 7.72. The van der Waals surface area contributed by atoms with Crippen LogP contribution in [0.1, 0.15) is 32.3 Å². The minimum atomic E-state index is -0.763. The number of carbonyl (C=O) groups excluding carboxylic acids is 1. The van der Waals surface area contributed by atoms with Gasteiger partial charge < -0.3 is 14.4 Å². The second kappa shape index (κ2) is 11.5. The number of nitrogens with zero attached hydrogens (tertiary/aromatic N) is 2. The van der Waals surface area contributed by atoms with E-state index < -0.39 is 5.54 Å². The molecule has 1 aliphatic rings. The number of nitro benzene ring substituents is 1. The lowest BCUT2D eigenvalue weighted by Gasteiger charge is -2.42. The van der Waals surface area contributed by atoms with Crippen molar-refractivity contribution in [2.75, 3.05) is 37.6 Å². The van der Waals surface area contributed by atoms with Gasteiger partial charge in [0.05, 0.1) is 33.6 Å². The van der Waals surface area contributed by atoms with Crippen LogP contribution in [-0.4, -0.2) is 58.5 Å². The summed E-state index contributed by atoms with van der Waals surface area (Å²) in [7, 11) is 1.55. The SMILES string of the molecule is CCSC(SCC)[C@@]1(c2cc3cc(OC)c(OCCCl)cc3cc2[N+](=O)[O-])CCCN1C=O. The third-order valence-corrected chi connectivity index (χ3v) is 8.88. The smallest absolute Gasteiger partial charge is 0.275 e. The number of benzene rings is 2. The summed E-state index contributed by atoms with van der Waals surface area (Å²) in [6, 6.07) is 7.03. The summed E-state index contributed by atoms with van der Waals surface area (Å²) in [6.45, 7) is 5.02. The average Bonchev–Trinajstić information content (AvgIpc) is 3.25. The molecule has 0 unspecified atom stereocenters. The van der Waals surface area contributed by atoms with Crippen molar-refractivity contribution in [2.45, 2.75) is 36.8 Å². The lowest BCUT2D eigenvalue weighted by molar-refractivity contribution is -0.386. The van der Waals surface area contributed by atoms with Gasteiger partial charge in [0.25, 0.3) is 5.69 Å². The molecule has 2 aromatic carbocycles. The van der Waals surface area contributed by atoms with E-state index in [4.69, 9.17) is 21.1 Å². The van der Waals surface area contributed by atoms with Gasteiger partial charge in [-0.15, -0.1) is 35.1 Å². The molecule has 0 aliphatic carbocycles. The number of alkyl halides is 1. The van der Waals surface area contributed by atoms with E-state index in [9.17, 15) is 14.9 Å². The van der Waals surface area contributed by atoms with Crippen LogP contribution in [-0.2, 0) is 10.3 Å². The molecule has 1 aliphatic heterocycles. The predicted molar refractivity (Wildman–Crippen MR) is 137 cm³/mol. The molecular formula is C23H29ClN2O5S2. The number of hydrogen-bond donors (Lipinski definition) is 0. The second-order valence-corrected chi connectivity index (χ2v) is 11.0. The highest BCUT2D eigenvalue weighted by Gasteiger charge is 2.51. The zero-order chi connectivity index (χ0) is 24.0. The molecule has 1 amide bonds. The summed E-state index contributed by atoms with van der Waals surface area (Å²) in [5.74, 6) is 3.03. The molecule has 180 valence electrons. The Labute approximate surface area is 207 Å². The van der Waals surface area contributed by atoms with E-state index in [0.717, 1.165) is 29.7 Å². The molecule has 2 aromatic rings. The molecule has 1 fully saturated rings. The maximum atomic E-state index is 12.3. The number of carbonyl (C=O) groups is 1. The number of ether oxygens (including phenoxy) is 2. The summed E-state index contributed by atoms with van der Waals surface area (Å²) < 4.78 is 11.2. The van der Waals surface area contributed by atoms with E-state index >= 15 is 0 Å². The Kier molecular flexibility index (Phi) is 9.01. The van der Waals surface area contributed by atoms with Gasteiger partial charge in [-0.3, -0.25) is 14.9 Å². The Balaban J connectivity index is 2.30. The molecule has 0 spiro atoms. The van der Waals surface area contributed by atoms with Gasteiger partial charge in [-0.2, -0.15) is 0 Å². The van der Waals surface area contributed by atoms with Crippen molar-refractivity contribution in [3.05, 3.63) is 39.9 Å². The summed E-state index contributed by atoms with van der Waals surface area (Å²) in [5.41, 5.74) is -0.170.